The molecule has 20 heavy (non-hydrogen) atoms. The molecular formula is C13H18N2O5. The molecule has 3 N–H and O–H groups in total. The van der Waals surface area contributed by atoms with Crippen LogP contribution < -0.4 is 5.73 Å². The summed E-state index contributed by atoms with van der Waals surface area (Å²) in [6, 6.07) is 0. The van der Waals surface area contributed by atoms with Gasteiger partial charge in [0.1, 0.15) is 12.8 Å². The Morgan fingerprint density at radius 2 is 2.30 bits per heavy atom. The first-order chi connectivity index (χ1) is 9.60. The van der Waals surface area contributed by atoms with E-state index in [-0.39, 0.29) is 25.5 Å². The molecular weight excluding hydrogens is 264 g/mol. The molecule has 2 heterocycles. The lowest BCUT2D eigenvalue weighted by atomic mass is 10.1. The number of esters is 1. The van der Waals surface area contributed by atoms with Crippen LogP contribution in [0.15, 0.2) is 24.0 Å². The van der Waals surface area contributed by atoms with Crippen LogP contribution in [-0.2, 0) is 19.1 Å². The lowest BCUT2D eigenvalue weighted by Gasteiger charge is -2.26. The number of carbonyl (C=O) groups excluding carboxylic acids is 1. The summed E-state index contributed by atoms with van der Waals surface area (Å²) in [5, 5.41) is 8.98. The van der Waals surface area contributed by atoms with Gasteiger partial charge in [-0.05, 0) is 12.8 Å². The van der Waals surface area contributed by atoms with E-state index >= 15 is 0 Å². The van der Waals surface area contributed by atoms with Crippen LogP contribution >= 0.6 is 0 Å². The molecule has 1 saturated heterocycles. The number of hydrogen-bond acceptors (Lipinski definition) is 6. The molecule has 1 fully saturated rings. The van der Waals surface area contributed by atoms with E-state index in [1.807, 2.05) is 6.20 Å². The van der Waals surface area contributed by atoms with Gasteiger partial charge < -0.3 is 25.2 Å². The average Bonchev–Trinajstić information content (AvgIpc) is 2.93. The van der Waals surface area contributed by atoms with Crippen molar-refractivity contribution in [3.63, 3.8) is 0 Å². The van der Waals surface area contributed by atoms with Gasteiger partial charge in [-0.25, -0.2) is 4.79 Å². The number of nitrogens with two attached hydrogens (primary N) is 1. The summed E-state index contributed by atoms with van der Waals surface area (Å²) in [7, 11) is 0. The summed E-state index contributed by atoms with van der Waals surface area (Å²) < 4.78 is 10.7. The summed E-state index contributed by atoms with van der Waals surface area (Å²) in [6.07, 6.45) is 6.70. The minimum Gasteiger partial charge on any atom is -0.478 e. The third-order valence-electron chi connectivity index (χ3n) is 3.21. The molecule has 0 aromatic carbocycles. The second kappa shape index (κ2) is 6.53. The van der Waals surface area contributed by atoms with Crippen LogP contribution in [0.3, 0.4) is 0 Å². The summed E-state index contributed by atoms with van der Waals surface area (Å²) in [5.74, 6) is -1.38. The standard InChI is InChI=1S/C13H18N2O5/c14-6-12(16)19-8-10-3-4-11(20-10)15-5-1-2-9(7-15)13(17)18/h1,5,7,10-11H,2-4,6,8,14H2,(H,17,18). The average molecular weight is 282 g/mol. The maximum atomic E-state index is 11.0. The van der Waals surface area contributed by atoms with Gasteiger partial charge in [0.2, 0.25) is 0 Å². The molecule has 2 aliphatic heterocycles. The lowest BCUT2D eigenvalue weighted by molar-refractivity contribution is -0.147. The highest BCUT2D eigenvalue weighted by atomic mass is 16.6. The van der Waals surface area contributed by atoms with Crippen molar-refractivity contribution in [2.45, 2.75) is 31.6 Å². The van der Waals surface area contributed by atoms with Crippen LogP contribution in [-0.4, -0.2) is 47.4 Å². The zero-order chi connectivity index (χ0) is 14.5. The van der Waals surface area contributed by atoms with E-state index in [0.29, 0.717) is 12.0 Å². The van der Waals surface area contributed by atoms with Crippen molar-refractivity contribution in [2.24, 2.45) is 5.73 Å². The van der Waals surface area contributed by atoms with Crippen LogP contribution in [0, 0.1) is 0 Å². The number of nitrogens with zero attached hydrogens (tertiary/aromatic N) is 1. The van der Waals surface area contributed by atoms with Crippen LogP contribution in [0.4, 0.5) is 0 Å². The summed E-state index contributed by atoms with van der Waals surface area (Å²) in [5.41, 5.74) is 5.48. The first-order valence-electron chi connectivity index (χ1n) is 6.49. The Morgan fingerprint density at radius 3 is 3.00 bits per heavy atom. The first-order valence-corrected chi connectivity index (χ1v) is 6.49. The van der Waals surface area contributed by atoms with Gasteiger partial charge >= 0.3 is 11.9 Å². The molecule has 0 bridgehead atoms. The Bertz CT molecular complexity index is 446. The number of carboxylic acid groups (broad SMARTS) is 1. The summed E-state index contributed by atoms with van der Waals surface area (Å²) in [4.78, 5) is 23.7. The van der Waals surface area contributed by atoms with Crippen molar-refractivity contribution in [2.75, 3.05) is 13.2 Å². The Balaban J connectivity index is 1.86. The smallest absolute Gasteiger partial charge is 0.333 e. The van der Waals surface area contributed by atoms with Gasteiger partial charge in [-0.15, -0.1) is 0 Å². The molecule has 2 atom stereocenters. The van der Waals surface area contributed by atoms with Crippen LogP contribution in [0.2, 0.25) is 0 Å². The van der Waals surface area contributed by atoms with E-state index in [1.165, 1.54) is 0 Å². The fourth-order valence-electron chi connectivity index (χ4n) is 2.17. The van der Waals surface area contributed by atoms with E-state index in [9.17, 15) is 9.59 Å². The molecule has 110 valence electrons. The van der Waals surface area contributed by atoms with Crippen molar-refractivity contribution in [1.82, 2.24) is 4.90 Å². The quantitative estimate of drug-likeness (QED) is 0.693. The number of rotatable bonds is 5. The molecule has 2 unspecified atom stereocenters. The number of carbonyl (C=O) groups is 2. The molecule has 0 saturated carbocycles. The molecule has 0 amide bonds. The molecule has 2 aliphatic rings. The van der Waals surface area contributed by atoms with E-state index in [1.54, 1.807) is 17.2 Å². The van der Waals surface area contributed by atoms with Gasteiger partial charge in [0.15, 0.2) is 0 Å². The highest BCUT2D eigenvalue weighted by Crippen LogP contribution is 2.26. The second-order valence-corrected chi connectivity index (χ2v) is 4.67. The second-order valence-electron chi connectivity index (χ2n) is 4.67. The predicted molar refractivity (Wildman–Crippen MR) is 69.2 cm³/mol. The zero-order valence-electron chi connectivity index (χ0n) is 11.0. The van der Waals surface area contributed by atoms with Crippen LogP contribution in [0.25, 0.3) is 0 Å². The van der Waals surface area contributed by atoms with Gasteiger partial charge in [-0.2, -0.15) is 0 Å². The van der Waals surface area contributed by atoms with Gasteiger partial charge in [-0.1, -0.05) is 6.08 Å². The molecule has 0 aromatic rings. The minimum atomic E-state index is -0.925. The van der Waals surface area contributed by atoms with Crippen LogP contribution in [0.1, 0.15) is 19.3 Å². The summed E-state index contributed by atoms with van der Waals surface area (Å²) >= 11 is 0. The van der Waals surface area contributed by atoms with Crippen LogP contribution in [0.5, 0.6) is 0 Å². The van der Waals surface area contributed by atoms with E-state index in [2.05, 4.69) is 0 Å². The van der Waals surface area contributed by atoms with Gasteiger partial charge in [0.05, 0.1) is 18.2 Å². The Labute approximate surface area is 116 Å². The van der Waals surface area contributed by atoms with Crippen molar-refractivity contribution in [1.29, 1.82) is 0 Å². The highest BCUT2D eigenvalue weighted by molar-refractivity contribution is 5.87. The van der Waals surface area contributed by atoms with E-state index < -0.39 is 11.9 Å². The third kappa shape index (κ3) is 3.58. The Morgan fingerprint density at radius 1 is 1.50 bits per heavy atom. The van der Waals surface area contributed by atoms with Gasteiger partial charge in [0.25, 0.3) is 0 Å². The van der Waals surface area contributed by atoms with E-state index in [4.69, 9.17) is 20.3 Å². The Kier molecular flexibility index (Phi) is 4.75. The molecule has 7 nitrogen and oxygen atoms in total. The van der Waals surface area contributed by atoms with E-state index in [0.717, 1.165) is 12.8 Å². The number of allylic oxidation sites excluding steroid dienone is 1. The normalized spacial score (nSPS) is 25.4. The summed E-state index contributed by atoms with van der Waals surface area (Å²) in [6.45, 7) is 0.0370. The number of carboxylic acids is 1. The van der Waals surface area contributed by atoms with Crippen molar-refractivity contribution < 1.29 is 24.2 Å². The molecule has 0 aromatic heterocycles. The third-order valence-corrected chi connectivity index (χ3v) is 3.21. The van der Waals surface area contributed by atoms with Gasteiger partial charge in [0, 0.05) is 18.8 Å². The fourth-order valence-corrected chi connectivity index (χ4v) is 2.17. The SMILES string of the molecule is NCC(=O)OCC1CCC(N2C=CCC(C(=O)O)=C2)O1. The molecule has 2 rings (SSSR count). The molecule has 0 aliphatic carbocycles. The molecule has 7 heteroatoms. The monoisotopic (exact) mass is 282 g/mol. The Hall–Kier alpha value is -1.86. The highest BCUT2D eigenvalue weighted by Gasteiger charge is 2.30. The molecule has 0 radical (unpaired) electrons. The zero-order valence-corrected chi connectivity index (χ0v) is 11.0. The first kappa shape index (κ1) is 14.5. The number of ether oxygens (including phenoxy) is 2. The number of aliphatic carboxylic acids is 1. The largest absolute Gasteiger partial charge is 0.478 e. The number of hydrogen-bond donors (Lipinski definition) is 2. The predicted octanol–water partition coefficient (Wildman–Crippen LogP) is 0.181. The lowest BCUT2D eigenvalue weighted by Crippen LogP contribution is -2.30. The van der Waals surface area contributed by atoms with Crippen molar-refractivity contribution >= 4 is 11.9 Å². The maximum Gasteiger partial charge on any atom is 0.333 e. The fraction of sp³-hybridized carbons (Fsp3) is 0.538. The van der Waals surface area contributed by atoms with Gasteiger partial charge in [-0.3, -0.25) is 4.79 Å². The maximum absolute atomic E-state index is 11.0. The van der Waals surface area contributed by atoms with Crippen molar-refractivity contribution in [3.05, 3.63) is 24.0 Å². The minimum absolute atomic E-state index is 0.143. The topological polar surface area (TPSA) is 102 Å². The van der Waals surface area contributed by atoms with Crippen molar-refractivity contribution in [3.8, 4) is 0 Å². The molecule has 0 spiro atoms.